The summed E-state index contributed by atoms with van der Waals surface area (Å²) in [7, 11) is 0. The van der Waals surface area contributed by atoms with Crippen LogP contribution in [0.4, 0.5) is 18.9 Å². The minimum absolute atomic E-state index is 0.196. The van der Waals surface area contributed by atoms with Crippen LogP contribution in [0.15, 0.2) is 30.3 Å². The third-order valence-corrected chi connectivity index (χ3v) is 2.14. The molecule has 20 heavy (non-hydrogen) atoms. The van der Waals surface area contributed by atoms with Gasteiger partial charge >= 0.3 is 12.1 Å². The van der Waals surface area contributed by atoms with Gasteiger partial charge in [0.05, 0.1) is 0 Å². The van der Waals surface area contributed by atoms with Crippen molar-refractivity contribution in [2.45, 2.75) is 6.18 Å². The lowest BCUT2D eigenvalue weighted by Crippen LogP contribution is -2.33. The van der Waals surface area contributed by atoms with Crippen LogP contribution in [0.2, 0.25) is 0 Å². The molecule has 2 rings (SSSR count). The van der Waals surface area contributed by atoms with Crippen molar-refractivity contribution in [3.05, 3.63) is 36.2 Å². The molecule has 104 valence electrons. The lowest BCUT2D eigenvalue weighted by Gasteiger charge is -2.06. The number of hydrogen-bond acceptors (Lipinski definition) is 5. The van der Waals surface area contributed by atoms with Gasteiger partial charge < -0.3 is 5.32 Å². The topological polar surface area (TPSA) is 89.8 Å². The Morgan fingerprint density at radius 1 is 1.15 bits per heavy atom. The summed E-state index contributed by atoms with van der Waals surface area (Å²) < 4.78 is 36.7. The van der Waals surface area contributed by atoms with Crippen molar-refractivity contribution in [2.75, 3.05) is 5.32 Å². The third kappa shape index (κ3) is 2.79. The smallest absolute Gasteiger partial charge is 0.319 e. The summed E-state index contributed by atoms with van der Waals surface area (Å²) in [6.07, 6.45) is -5.18. The maximum absolute atomic E-state index is 12.3. The van der Waals surface area contributed by atoms with E-state index in [2.05, 4.69) is 20.8 Å². The summed E-state index contributed by atoms with van der Waals surface area (Å²) in [5.41, 5.74) is 0.325. The Kier molecular flexibility index (Phi) is 3.46. The van der Waals surface area contributed by atoms with Gasteiger partial charge in [0, 0.05) is 5.69 Å². The summed E-state index contributed by atoms with van der Waals surface area (Å²) >= 11 is 0. The molecule has 0 atom stereocenters. The summed E-state index contributed by atoms with van der Waals surface area (Å²) in [5, 5.41) is 11.2. The van der Waals surface area contributed by atoms with Crippen LogP contribution in [0, 0.1) is 0 Å². The van der Waals surface area contributed by atoms with Crippen LogP contribution in [-0.2, 0) is 0 Å². The number of hydrogen-bond donors (Lipinski definition) is 1. The predicted octanol–water partition coefficient (Wildman–Crippen LogP) is 1.13. The van der Waals surface area contributed by atoms with Gasteiger partial charge in [-0.1, -0.05) is 18.2 Å². The van der Waals surface area contributed by atoms with Gasteiger partial charge in [0.15, 0.2) is 0 Å². The highest BCUT2D eigenvalue weighted by Crippen LogP contribution is 2.17. The number of amides is 1. The highest BCUT2D eigenvalue weighted by atomic mass is 19.4. The molecule has 0 spiro atoms. The van der Waals surface area contributed by atoms with Crippen molar-refractivity contribution in [3.8, 4) is 0 Å². The standard InChI is InChI=1S/C10H6F3N5O2/c11-10(12,13)9(20)18-7(15-16-17-18)8(19)14-6-4-2-1-3-5-6/h1-5H,(H,14,19). The zero-order chi connectivity index (χ0) is 14.8. The van der Waals surface area contributed by atoms with Crippen LogP contribution in [0.3, 0.4) is 0 Å². The Labute approximate surface area is 109 Å². The number of rotatable bonds is 2. The van der Waals surface area contributed by atoms with Gasteiger partial charge in [-0.3, -0.25) is 9.59 Å². The number of nitrogens with zero attached hydrogens (tertiary/aromatic N) is 4. The van der Waals surface area contributed by atoms with Crippen LogP contribution >= 0.6 is 0 Å². The first-order valence-electron chi connectivity index (χ1n) is 5.16. The van der Waals surface area contributed by atoms with Crippen LogP contribution in [0.25, 0.3) is 0 Å². The van der Waals surface area contributed by atoms with E-state index >= 15 is 0 Å². The molecule has 1 heterocycles. The molecule has 0 radical (unpaired) electrons. The molecular formula is C10H6F3N5O2. The van der Waals surface area contributed by atoms with Crippen molar-refractivity contribution >= 4 is 17.5 Å². The largest absolute Gasteiger partial charge is 0.473 e. The molecule has 0 fully saturated rings. The van der Waals surface area contributed by atoms with Crippen molar-refractivity contribution in [3.63, 3.8) is 0 Å². The van der Waals surface area contributed by atoms with Crippen molar-refractivity contribution in [1.82, 2.24) is 20.2 Å². The van der Waals surface area contributed by atoms with Crippen molar-refractivity contribution < 1.29 is 22.8 Å². The maximum atomic E-state index is 12.3. The number of para-hydroxylation sites is 1. The van der Waals surface area contributed by atoms with E-state index in [1.54, 1.807) is 18.2 Å². The van der Waals surface area contributed by atoms with Gasteiger partial charge in [-0.2, -0.15) is 13.2 Å². The molecular weight excluding hydrogens is 279 g/mol. The zero-order valence-corrected chi connectivity index (χ0v) is 9.63. The first kappa shape index (κ1) is 13.6. The van der Waals surface area contributed by atoms with E-state index in [9.17, 15) is 22.8 Å². The highest BCUT2D eigenvalue weighted by molar-refractivity contribution is 6.04. The number of anilines is 1. The molecule has 0 aliphatic carbocycles. The normalized spacial score (nSPS) is 11.2. The fourth-order valence-electron chi connectivity index (χ4n) is 1.29. The Bertz CT molecular complexity index is 638. The number of alkyl halides is 3. The van der Waals surface area contributed by atoms with Gasteiger partial charge in [0.25, 0.3) is 5.91 Å². The molecule has 0 saturated carbocycles. The van der Waals surface area contributed by atoms with Gasteiger partial charge in [-0.05, 0) is 22.6 Å². The second-order valence-electron chi connectivity index (χ2n) is 3.54. The van der Waals surface area contributed by atoms with Gasteiger partial charge in [0.2, 0.25) is 5.82 Å². The number of benzene rings is 1. The first-order valence-corrected chi connectivity index (χ1v) is 5.16. The van der Waals surface area contributed by atoms with Crippen LogP contribution in [0.5, 0.6) is 0 Å². The molecule has 1 aromatic heterocycles. The molecule has 0 bridgehead atoms. The summed E-state index contributed by atoms with van der Waals surface area (Å²) in [5.74, 6) is -4.23. The molecule has 2 aromatic rings. The van der Waals surface area contributed by atoms with E-state index in [4.69, 9.17) is 0 Å². The maximum Gasteiger partial charge on any atom is 0.473 e. The fraction of sp³-hybridized carbons (Fsp3) is 0.100. The van der Waals surface area contributed by atoms with Crippen LogP contribution in [-0.4, -0.2) is 38.2 Å². The van der Waals surface area contributed by atoms with Crippen LogP contribution in [0.1, 0.15) is 15.4 Å². The number of tetrazole rings is 1. The molecule has 7 nitrogen and oxygen atoms in total. The predicted molar refractivity (Wildman–Crippen MR) is 58.9 cm³/mol. The second-order valence-corrected chi connectivity index (χ2v) is 3.54. The van der Waals surface area contributed by atoms with E-state index < -0.39 is 23.8 Å². The monoisotopic (exact) mass is 285 g/mol. The zero-order valence-electron chi connectivity index (χ0n) is 9.63. The van der Waals surface area contributed by atoms with E-state index in [1.165, 1.54) is 12.1 Å². The second kappa shape index (κ2) is 5.07. The van der Waals surface area contributed by atoms with E-state index in [0.717, 1.165) is 0 Å². The summed E-state index contributed by atoms with van der Waals surface area (Å²) in [4.78, 5) is 22.8. The molecule has 1 aromatic carbocycles. The third-order valence-electron chi connectivity index (χ3n) is 2.14. The van der Waals surface area contributed by atoms with E-state index in [0.29, 0.717) is 5.69 Å². The minimum Gasteiger partial charge on any atom is -0.319 e. The minimum atomic E-state index is -5.18. The molecule has 1 amide bonds. The van der Waals surface area contributed by atoms with E-state index in [-0.39, 0.29) is 4.68 Å². The lowest BCUT2D eigenvalue weighted by molar-refractivity contribution is -0.0957. The fourth-order valence-corrected chi connectivity index (χ4v) is 1.29. The van der Waals surface area contributed by atoms with Gasteiger partial charge in [-0.25, -0.2) is 0 Å². The van der Waals surface area contributed by atoms with Gasteiger partial charge in [0.1, 0.15) is 0 Å². The average molecular weight is 285 g/mol. The number of nitrogens with one attached hydrogen (secondary N) is 1. The number of aromatic nitrogens is 4. The molecule has 0 aliphatic heterocycles. The number of halogens is 3. The Morgan fingerprint density at radius 3 is 2.40 bits per heavy atom. The lowest BCUT2D eigenvalue weighted by atomic mass is 10.3. The molecule has 1 N–H and O–H groups in total. The Morgan fingerprint density at radius 2 is 1.80 bits per heavy atom. The van der Waals surface area contributed by atoms with E-state index in [1.807, 2.05) is 0 Å². The quantitative estimate of drug-likeness (QED) is 0.835. The van der Waals surface area contributed by atoms with Crippen molar-refractivity contribution in [1.29, 1.82) is 0 Å². The average Bonchev–Trinajstić information content (AvgIpc) is 2.87. The number of carbonyl (C=O) groups excluding carboxylic acids is 2. The summed E-state index contributed by atoms with van der Waals surface area (Å²) in [6.45, 7) is 0. The van der Waals surface area contributed by atoms with Crippen LogP contribution < -0.4 is 5.32 Å². The molecule has 0 unspecified atom stereocenters. The Balaban J connectivity index is 2.24. The summed E-state index contributed by atoms with van der Waals surface area (Å²) in [6, 6.07) is 7.93. The number of carbonyl (C=O) groups is 2. The SMILES string of the molecule is O=C(Nc1ccccc1)c1nnnn1C(=O)C(F)(F)F. The molecule has 0 saturated heterocycles. The van der Waals surface area contributed by atoms with Crippen molar-refractivity contribution in [2.24, 2.45) is 0 Å². The van der Waals surface area contributed by atoms with Gasteiger partial charge in [-0.15, -0.1) is 9.78 Å². The first-order chi connectivity index (χ1) is 9.39. The molecule has 10 heteroatoms. The highest BCUT2D eigenvalue weighted by Gasteiger charge is 2.43. The molecule has 0 aliphatic rings. The Hall–Kier alpha value is -2.78.